The minimum Gasteiger partial charge on any atom is -0.486 e. The van der Waals surface area contributed by atoms with Gasteiger partial charge in [-0.15, -0.1) is 0 Å². The topological polar surface area (TPSA) is 66.9 Å². The predicted octanol–water partition coefficient (Wildman–Crippen LogP) is 5.57. The number of halogens is 3. The summed E-state index contributed by atoms with van der Waals surface area (Å²) in [6.07, 6.45) is 0.575. The zero-order valence-electron chi connectivity index (χ0n) is 20.8. The number of likely N-dealkylation sites (tertiary alicyclic amines) is 1. The fourth-order valence-electron chi connectivity index (χ4n) is 4.86. The molecule has 7 nitrogen and oxygen atoms in total. The Morgan fingerprint density at radius 1 is 1.00 bits per heavy atom. The van der Waals surface area contributed by atoms with Crippen molar-refractivity contribution in [2.45, 2.75) is 38.1 Å². The molecule has 2 aliphatic rings. The van der Waals surface area contributed by atoms with Crippen molar-refractivity contribution in [1.29, 1.82) is 0 Å². The smallest absolute Gasteiger partial charge is 0.416 e. The van der Waals surface area contributed by atoms with E-state index in [2.05, 4.69) is 15.2 Å². The number of aromatic nitrogens is 1. The average Bonchev–Trinajstić information content (AvgIpc) is 2.92. The van der Waals surface area contributed by atoms with Crippen LogP contribution in [-0.2, 0) is 19.3 Å². The molecule has 0 bridgehead atoms. The van der Waals surface area contributed by atoms with Crippen molar-refractivity contribution in [3.05, 3.63) is 83.7 Å². The van der Waals surface area contributed by atoms with E-state index in [1.807, 2.05) is 36.5 Å². The van der Waals surface area contributed by atoms with E-state index in [0.717, 1.165) is 55.7 Å². The Bertz CT molecular complexity index is 1250. The summed E-state index contributed by atoms with van der Waals surface area (Å²) in [7, 11) is 0. The van der Waals surface area contributed by atoms with Crippen molar-refractivity contribution in [3.63, 3.8) is 0 Å². The van der Waals surface area contributed by atoms with E-state index in [0.29, 0.717) is 24.7 Å². The third-order valence-electron chi connectivity index (χ3n) is 6.79. The van der Waals surface area contributed by atoms with Crippen LogP contribution in [0.5, 0.6) is 11.5 Å². The second-order valence-corrected chi connectivity index (χ2v) is 9.48. The molecular weight excluding hydrogens is 497 g/mol. The lowest BCUT2D eigenvalue weighted by molar-refractivity contribution is -0.137. The molecule has 1 saturated heterocycles. The number of nitrogens with one attached hydrogen (secondary N) is 1. The Balaban J connectivity index is 1.32. The lowest BCUT2D eigenvalue weighted by atomic mass is 10.0. The second-order valence-electron chi connectivity index (χ2n) is 9.48. The summed E-state index contributed by atoms with van der Waals surface area (Å²) >= 11 is 0. The van der Waals surface area contributed by atoms with E-state index in [4.69, 9.17) is 9.47 Å². The van der Waals surface area contributed by atoms with Crippen molar-refractivity contribution in [1.82, 2.24) is 14.8 Å². The third kappa shape index (κ3) is 6.36. The Morgan fingerprint density at radius 2 is 1.79 bits per heavy atom. The fraction of sp³-hybridized carbons (Fsp3) is 0.357. The maximum atomic E-state index is 13.5. The number of nitrogens with zero attached hydrogens (tertiary/aromatic N) is 3. The van der Waals surface area contributed by atoms with Crippen LogP contribution in [0, 0.1) is 0 Å². The quantitative estimate of drug-likeness (QED) is 0.455. The van der Waals surface area contributed by atoms with Crippen LogP contribution in [0.25, 0.3) is 0 Å². The van der Waals surface area contributed by atoms with Gasteiger partial charge in [0.25, 0.3) is 0 Å². The van der Waals surface area contributed by atoms with Crippen LogP contribution in [0.1, 0.15) is 29.5 Å². The van der Waals surface area contributed by atoms with Crippen LogP contribution in [0.15, 0.2) is 67.0 Å². The molecule has 0 spiro atoms. The SMILES string of the molecule is O=C(Nc1cccc(C(F)(F)F)c1)N(Cc1ccc2c(c1)OCCO2)C1CCN(Cc2cccnc2)CC1. The number of carbonyl (C=O) groups excluding carboxylic acids is 1. The van der Waals surface area contributed by atoms with Gasteiger partial charge in [-0.3, -0.25) is 9.88 Å². The van der Waals surface area contributed by atoms with Crippen molar-refractivity contribution < 1.29 is 27.4 Å². The standard InChI is InChI=1S/C28H29F3N4O3/c29-28(30,31)22-4-1-5-23(16-22)33-27(36)35(19-20-6-7-25-26(15-20)38-14-13-37-25)24-8-11-34(12-9-24)18-21-3-2-10-32-17-21/h1-7,10,15-17,24H,8-9,11-14,18-19H2,(H,33,36). The first-order chi connectivity index (χ1) is 18.3. The first-order valence-corrected chi connectivity index (χ1v) is 12.6. The Labute approximate surface area is 219 Å². The molecule has 3 heterocycles. The van der Waals surface area contributed by atoms with Gasteiger partial charge in [0.05, 0.1) is 5.56 Å². The molecular formula is C28H29F3N4O3. The number of carbonyl (C=O) groups is 1. The fourth-order valence-corrected chi connectivity index (χ4v) is 4.86. The number of hydrogen-bond acceptors (Lipinski definition) is 5. The number of benzene rings is 2. The molecule has 0 unspecified atom stereocenters. The Morgan fingerprint density at radius 3 is 2.53 bits per heavy atom. The number of pyridine rings is 1. The van der Waals surface area contributed by atoms with Crippen LogP contribution in [0.3, 0.4) is 0 Å². The first kappa shape index (κ1) is 25.8. The Hall–Kier alpha value is -3.79. The van der Waals surface area contributed by atoms with E-state index >= 15 is 0 Å². The monoisotopic (exact) mass is 526 g/mol. The number of ether oxygens (including phenoxy) is 2. The zero-order valence-corrected chi connectivity index (χ0v) is 20.8. The molecule has 2 aliphatic heterocycles. The molecule has 5 rings (SSSR count). The molecule has 0 radical (unpaired) electrons. The van der Waals surface area contributed by atoms with E-state index in [9.17, 15) is 18.0 Å². The largest absolute Gasteiger partial charge is 0.486 e. The molecule has 200 valence electrons. The zero-order chi connectivity index (χ0) is 26.5. The van der Waals surface area contributed by atoms with Gasteiger partial charge in [0.15, 0.2) is 11.5 Å². The maximum Gasteiger partial charge on any atom is 0.416 e. The van der Waals surface area contributed by atoms with Gasteiger partial charge in [0.2, 0.25) is 0 Å². The number of urea groups is 1. The summed E-state index contributed by atoms with van der Waals surface area (Å²) < 4.78 is 51.0. The summed E-state index contributed by atoms with van der Waals surface area (Å²) in [5.41, 5.74) is 1.27. The van der Waals surface area contributed by atoms with Crippen LogP contribution < -0.4 is 14.8 Å². The number of piperidine rings is 1. The van der Waals surface area contributed by atoms with Crippen LogP contribution >= 0.6 is 0 Å². The van der Waals surface area contributed by atoms with Crippen molar-refractivity contribution in [2.75, 3.05) is 31.6 Å². The summed E-state index contributed by atoms with van der Waals surface area (Å²) in [6.45, 7) is 3.57. The van der Waals surface area contributed by atoms with Crippen molar-refractivity contribution >= 4 is 11.7 Å². The summed E-state index contributed by atoms with van der Waals surface area (Å²) in [4.78, 5) is 21.7. The van der Waals surface area contributed by atoms with Gasteiger partial charge >= 0.3 is 12.2 Å². The minimum atomic E-state index is -4.49. The number of amides is 2. The van der Waals surface area contributed by atoms with E-state index in [1.54, 1.807) is 11.1 Å². The van der Waals surface area contributed by atoms with Crippen LogP contribution in [-0.4, -0.2) is 53.2 Å². The highest BCUT2D eigenvalue weighted by Gasteiger charge is 2.32. The van der Waals surface area contributed by atoms with E-state index in [1.165, 1.54) is 12.1 Å². The van der Waals surface area contributed by atoms with Crippen molar-refractivity contribution in [3.8, 4) is 11.5 Å². The molecule has 1 aromatic heterocycles. The van der Waals surface area contributed by atoms with Crippen LogP contribution in [0.4, 0.5) is 23.7 Å². The second kappa shape index (κ2) is 11.3. The lowest BCUT2D eigenvalue weighted by Crippen LogP contribution is -2.48. The van der Waals surface area contributed by atoms with Gasteiger partial charge in [0, 0.05) is 50.3 Å². The minimum absolute atomic E-state index is 0.0841. The highest BCUT2D eigenvalue weighted by molar-refractivity contribution is 5.89. The molecule has 0 aliphatic carbocycles. The number of hydrogen-bond donors (Lipinski definition) is 1. The summed E-state index contributed by atoms with van der Waals surface area (Å²) in [5, 5.41) is 2.69. The molecule has 2 aromatic carbocycles. The normalized spacial score (nSPS) is 16.2. The number of alkyl halides is 3. The van der Waals surface area contributed by atoms with Gasteiger partial charge in [-0.2, -0.15) is 13.2 Å². The molecule has 10 heteroatoms. The first-order valence-electron chi connectivity index (χ1n) is 12.6. The average molecular weight is 527 g/mol. The Kier molecular flexibility index (Phi) is 7.69. The van der Waals surface area contributed by atoms with Gasteiger partial charge in [-0.1, -0.05) is 18.2 Å². The molecule has 0 atom stereocenters. The number of rotatable bonds is 6. The summed E-state index contributed by atoms with van der Waals surface area (Å²) in [5.74, 6) is 1.28. The number of anilines is 1. The van der Waals surface area contributed by atoms with Crippen LogP contribution in [0.2, 0.25) is 0 Å². The van der Waals surface area contributed by atoms with E-state index < -0.39 is 17.8 Å². The predicted molar refractivity (Wildman–Crippen MR) is 136 cm³/mol. The molecule has 38 heavy (non-hydrogen) atoms. The van der Waals surface area contributed by atoms with Gasteiger partial charge in [-0.25, -0.2) is 4.79 Å². The molecule has 3 aromatic rings. The van der Waals surface area contributed by atoms with Gasteiger partial charge in [0.1, 0.15) is 13.2 Å². The highest BCUT2D eigenvalue weighted by Crippen LogP contribution is 2.33. The molecule has 1 fully saturated rings. The highest BCUT2D eigenvalue weighted by atomic mass is 19.4. The molecule has 0 saturated carbocycles. The lowest BCUT2D eigenvalue weighted by Gasteiger charge is -2.38. The molecule has 2 amide bonds. The van der Waals surface area contributed by atoms with Gasteiger partial charge < -0.3 is 19.7 Å². The molecule has 1 N–H and O–H groups in total. The van der Waals surface area contributed by atoms with Gasteiger partial charge in [-0.05, 0) is 60.4 Å². The maximum absolute atomic E-state index is 13.5. The third-order valence-corrected chi connectivity index (χ3v) is 6.79. The van der Waals surface area contributed by atoms with E-state index in [-0.39, 0.29) is 18.3 Å². The summed E-state index contributed by atoms with van der Waals surface area (Å²) in [6, 6.07) is 13.7. The van der Waals surface area contributed by atoms with Crippen molar-refractivity contribution in [2.24, 2.45) is 0 Å². The number of fused-ring (bicyclic) bond motifs is 1.